The highest BCUT2D eigenvalue weighted by Crippen LogP contribution is 2.32. The van der Waals surface area contributed by atoms with E-state index in [0.29, 0.717) is 32.2 Å². The number of imidazole rings is 2. The Morgan fingerprint density at radius 2 is 1.76 bits per heavy atom. The summed E-state index contributed by atoms with van der Waals surface area (Å²) in [4.78, 5) is 34.3. The number of fused-ring (bicyclic) bond motifs is 2. The Hall–Kier alpha value is -4.12. The number of aryl methyl sites for hydroxylation is 1. The number of pyridine rings is 1. The second-order valence-electron chi connectivity index (χ2n) is 10.5. The van der Waals surface area contributed by atoms with E-state index in [9.17, 15) is 22.8 Å². The van der Waals surface area contributed by atoms with E-state index in [1.54, 1.807) is 15.5 Å². The summed E-state index contributed by atoms with van der Waals surface area (Å²) in [6.45, 7) is 0.495. The van der Waals surface area contributed by atoms with Crippen LogP contribution >= 0.6 is 11.6 Å². The number of hydrogen-bond acceptors (Lipinski definition) is 4. The lowest BCUT2D eigenvalue weighted by Gasteiger charge is -2.29. The second kappa shape index (κ2) is 10.4. The van der Waals surface area contributed by atoms with E-state index >= 15 is 0 Å². The Balaban J connectivity index is 1.19. The number of halogens is 4. The lowest BCUT2D eigenvalue weighted by molar-refractivity contribution is -0.141. The fourth-order valence-electron chi connectivity index (χ4n) is 5.75. The minimum Gasteiger partial charge on any atom is -0.349 e. The van der Waals surface area contributed by atoms with Gasteiger partial charge in [-0.1, -0.05) is 23.7 Å². The summed E-state index contributed by atoms with van der Waals surface area (Å²) < 4.78 is 45.6. The number of aromatic nitrogens is 5. The zero-order chi connectivity index (χ0) is 28.9. The fourth-order valence-corrected chi connectivity index (χ4v) is 5.90. The Kier molecular flexibility index (Phi) is 6.85. The number of rotatable bonds is 5. The van der Waals surface area contributed by atoms with Crippen molar-refractivity contribution in [1.82, 2.24) is 29.0 Å². The molecule has 1 saturated carbocycles. The van der Waals surface area contributed by atoms with Crippen LogP contribution in [0.2, 0.25) is 5.02 Å². The number of nitrogens with one attached hydrogen (secondary N) is 1. The van der Waals surface area contributed by atoms with Gasteiger partial charge in [-0.15, -0.1) is 0 Å². The Bertz CT molecular complexity index is 1830. The van der Waals surface area contributed by atoms with Crippen LogP contribution in [-0.4, -0.2) is 35.6 Å². The summed E-state index contributed by atoms with van der Waals surface area (Å²) in [6, 6.07) is 14.1. The second-order valence-corrected chi connectivity index (χ2v) is 10.9. The third-order valence-corrected chi connectivity index (χ3v) is 8.00. The lowest BCUT2D eigenvalue weighted by Crippen LogP contribution is -2.39. The molecule has 5 aromatic rings. The molecular weight excluding hydrogens is 557 g/mol. The van der Waals surface area contributed by atoms with Gasteiger partial charge in [-0.25, -0.2) is 14.8 Å². The number of benzene rings is 2. The van der Waals surface area contributed by atoms with Gasteiger partial charge in [0.1, 0.15) is 0 Å². The molecular formula is C29H26ClF3N6O2. The highest BCUT2D eigenvalue weighted by molar-refractivity contribution is 6.30. The topological polar surface area (TPSA) is 86.7 Å². The maximum Gasteiger partial charge on any atom is 0.434 e. The average molecular weight is 583 g/mol. The van der Waals surface area contributed by atoms with Crippen molar-refractivity contribution < 1.29 is 18.0 Å². The molecule has 212 valence electrons. The van der Waals surface area contributed by atoms with Gasteiger partial charge in [0.15, 0.2) is 5.69 Å². The number of carbonyl (C=O) groups excluding carboxylic acids is 1. The first-order chi connectivity index (χ1) is 19.6. The Morgan fingerprint density at radius 1 is 1.02 bits per heavy atom. The summed E-state index contributed by atoms with van der Waals surface area (Å²) in [5.41, 5.74) is 2.12. The predicted octanol–water partition coefficient (Wildman–Crippen LogP) is 5.73. The van der Waals surface area contributed by atoms with Crippen LogP contribution < -0.4 is 11.0 Å². The third kappa shape index (κ3) is 5.10. The van der Waals surface area contributed by atoms with Gasteiger partial charge < -0.3 is 9.88 Å². The van der Waals surface area contributed by atoms with Crippen LogP contribution in [0.4, 0.5) is 13.2 Å². The summed E-state index contributed by atoms with van der Waals surface area (Å²) in [6.07, 6.45) is 0.408. The predicted molar refractivity (Wildman–Crippen MR) is 149 cm³/mol. The first kappa shape index (κ1) is 27.1. The van der Waals surface area contributed by atoms with Crippen LogP contribution in [0.5, 0.6) is 0 Å². The number of amides is 1. The number of para-hydroxylation sites is 2. The Labute approximate surface area is 237 Å². The van der Waals surface area contributed by atoms with E-state index in [1.807, 2.05) is 54.1 Å². The van der Waals surface area contributed by atoms with E-state index in [1.165, 1.54) is 0 Å². The normalized spacial score (nSPS) is 17.8. The molecule has 0 saturated heterocycles. The summed E-state index contributed by atoms with van der Waals surface area (Å²) in [7, 11) is 1.92. The van der Waals surface area contributed by atoms with E-state index in [4.69, 9.17) is 11.6 Å². The van der Waals surface area contributed by atoms with E-state index in [2.05, 4.69) is 15.3 Å². The molecule has 6 rings (SSSR count). The minimum atomic E-state index is -4.77. The maximum absolute atomic E-state index is 13.7. The smallest absolute Gasteiger partial charge is 0.349 e. The van der Waals surface area contributed by atoms with Gasteiger partial charge >= 0.3 is 11.9 Å². The number of hydrogen-bond donors (Lipinski definition) is 1. The van der Waals surface area contributed by atoms with Crippen LogP contribution in [0.25, 0.3) is 27.8 Å². The standard InChI is InChI=1S/C29H26ClF3N6O2/c1-37-16-35-22-13-20(10-11-23(22)37)39-25-5-3-2-4-24(25)38(28(39)41)15-17-6-8-19(9-7-17)36-27(40)21-12-18(30)14-34-26(21)29(31,32)33/h2-5,10-14,16-17,19H,6-9,15H2,1H3,(H,36,40)/t17-,19-. The summed E-state index contributed by atoms with van der Waals surface area (Å²) in [5.74, 6) is -0.683. The molecule has 41 heavy (non-hydrogen) atoms. The number of carbonyl (C=O) groups is 1. The summed E-state index contributed by atoms with van der Waals surface area (Å²) in [5, 5.41) is 2.68. The van der Waals surface area contributed by atoms with Crippen molar-refractivity contribution in [3.8, 4) is 5.69 Å². The molecule has 0 spiro atoms. The van der Waals surface area contributed by atoms with Gasteiger partial charge in [0.05, 0.1) is 44.7 Å². The molecule has 3 heterocycles. The monoisotopic (exact) mass is 582 g/mol. The molecule has 1 aliphatic rings. The zero-order valence-electron chi connectivity index (χ0n) is 22.0. The minimum absolute atomic E-state index is 0.0450. The zero-order valence-corrected chi connectivity index (χ0v) is 22.8. The molecule has 1 aliphatic carbocycles. The molecule has 1 fully saturated rings. The van der Waals surface area contributed by atoms with Crippen LogP contribution in [0.3, 0.4) is 0 Å². The van der Waals surface area contributed by atoms with Crippen molar-refractivity contribution in [2.45, 2.75) is 44.4 Å². The van der Waals surface area contributed by atoms with Gasteiger partial charge in [0, 0.05) is 25.8 Å². The van der Waals surface area contributed by atoms with Crippen molar-refractivity contribution in [3.63, 3.8) is 0 Å². The largest absolute Gasteiger partial charge is 0.434 e. The van der Waals surface area contributed by atoms with Crippen LogP contribution in [0, 0.1) is 5.92 Å². The SMILES string of the molecule is Cn1cnc2cc(-n3c(=O)n(C[C@H]4CC[C@H](NC(=O)c5cc(Cl)cnc5C(F)(F)F)CC4)c4ccccc43)ccc21. The molecule has 2 aromatic carbocycles. The van der Waals surface area contributed by atoms with E-state index in [-0.39, 0.29) is 22.7 Å². The molecule has 8 nitrogen and oxygen atoms in total. The van der Waals surface area contributed by atoms with Crippen molar-refractivity contribution in [1.29, 1.82) is 0 Å². The number of alkyl halides is 3. The average Bonchev–Trinajstić information content (AvgIpc) is 3.45. The quantitative estimate of drug-likeness (QED) is 0.287. The van der Waals surface area contributed by atoms with Gasteiger partial charge in [0.2, 0.25) is 0 Å². The first-order valence-corrected chi connectivity index (χ1v) is 13.6. The maximum atomic E-state index is 13.7. The van der Waals surface area contributed by atoms with Crippen LogP contribution in [-0.2, 0) is 19.8 Å². The molecule has 12 heteroatoms. The Morgan fingerprint density at radius 3 is 2.49 bits per heavy atom. The molecule has 1 amide bonds. The lowest BCUT2D eigenvalue weighted by atomic mass is 9.85. The van der Waals surface area contributed by atoms with Gasteiger partial charge in [0.25, 0.3) is 5.91 Å². The molecule has 1 N–H and O–H groups in total. The van der Waals surface area contributed by atoms with Gasteiger partial charge in [-0.3, -0.25) is 13.9 Å². The van der Waals surface area contributed by atoms with Crippen molar-refractivity contribution >= 4 is 39.6 Å². The van der Waals surface area contributed by atoms with E-state index < -0.39 is 23.3 Å². The molecule has 0 aliphatic heterocycles. The first-order valence-electron chi connectivity index (χ1n) is 13.3. The van der Waals surface area contributed by atoms with E-state index in [0.717, 1.165) is 40.0 Å². The molecule has 3 aromatic heterocycles. The van der Waals surface area contributed by atoms with Crippen molar-refractivity contribution in [2.24, 2.45) is 13.0 Å². The fraction of sp³-hybridized carbons (Fsp3) is 0.310. The van der Waals surface area contributed by atoms with Crippen molar-refractivity contribution in [3.05, 3.63) is 87.8 Å². The molecule has 0 atom stereocenters. The van der Waals surface area contributed by atoms with Crippen molar-refractivity contribution in [2.75, 3.05) is 0 Å². The van der Waals surface area contributed by atoms with Crippen LogP contribution in [0.1, 0.15) is 41.7 Å². The van der Waals surface area contributed by atoms with Crippen LogP contribution in [0.15, 0.2) is 65.8 Å². The molecule has 0 radical (unpaired) electrons. The molecule has 0 unspecified atom stereocenters. The number of nitrogens with zero attached hydrogens (tertiary/aromatic N) is 5. The van der Waals surface area contributed by atoms with Gasteiger partial charge in [-0.2, -0.15) is 13.2 Å². The highest BCUT2D eigenvalue weighted by atomic mass is 35.5. The molecule has 0 bridgehead atoms. The third-order valence-electron chi connectivity index (χ3n) is 7.79. The summed E-state index contributed by atoms with van der Waals surface area (Å²) >= 11 is 5.83. The highest BCUT2D eigenvalue weighted by Gasteiger charge is 2.38. The van der Waals surface area contributed by atoms with Gasteiger partial charge in [-0.05, 0) is 68.0 Å².